The van der Waals surface area contributed by atoms with Crippen molar-refractivity contribution in [1.29, 1.82) is 5.39 Å². The van der Waals surface area contributed by atoms with Gasteiger partial charge < -0.3 is 12.4 Å². The van der Waals surface area contributed by atoms with E-state index in [1.54, 1.807) is 0 Å². The molecular weight excluding hydrogens is 172 g/mol. The van der Waals surface area contributed by atoms with E-state index in [0.717, 1.165) is 11.1 Å². The van der Waals surface area contributed by atoms with Gasteiger partial charge in [-0.25, -0.2) is 0 Å². The molecule has 0 bridgehead atoms. The minimum Gasteiger partial charge on any atom is -1.00 e. The molecule has 0 saturated heterocycles. The first-order valence-corrected chi connectivity index (χ1v) is 3.58. The largest absolute Gasteiger partial charge is 1.00 e. The molecule has 3 heteroatoms. The number of hydrogen-bond donors (Lipinski definition) is 0. The van der Waals surface area contributed by atoms with Gasteiger partial charge in [0.1, 0.15) is 0 Å². The van der Waals surface area contributed by atoms with Gasteiger partial charge in [0.05, 0.1) is 0 Å². The third-order valence-electron chi connectivity index (χ3n) is 1.74. The summed E-state index contributed by atoms with van der Waals surface area (Å²) in [4.78, 5) is 3.21. The summed E-state index contributed by atoms with van der Waals surface area (Å²) in [6.07, 6.45) is 0. The standard InChI is InChI=1S/C9H11N2.ClH/c1-6-4-7(2)9(11-10)8(3)5-6;/h4-5H,1-3H3;1H/q+1;/p-1. The van der Waals surface area contributed by atoms with Crippen molar-refractivity contribution in [2.75, 3.05) is 0 Å². The minimum absolute atomic E-state index is 0. The monoisotopic (exact) mass is 182 g/mol. The molecule has 1 aromatic rings. The molecule has 0 saturated carbocycles. The van der Waals surface area contributed by atoms with E-state index in [9.17, 15) is 0 Å². The quantitative estimate of drug-likeness (QED) is 0.524. The molecule has 2 nitrogen and oxygen atoms in total. The van der Waals surface area contributed by atoms with Crippen molar-refractivity contribution in [2.24, 2.45) is 0 Å². The Bertz CT molecular complexity index is 303. The van der Waals surface area contributed by atoms with Gasteiger partial charge in [-0.3, -0.25) is 0 Å². The summed E-state index contributed by atoms with van der Waals surface area (Å²) >= 11 is 0. The maximum Gasteiger partial charge on any atom is 0.390 e. The Morgan fingerprint density at radius 3 is 1.83 bits per heavy atom. The molecule has 0 atom stereocenters. The summed E-state index contributed by atoms with van der Waals surface area (Å²) in [7, 11) is 0. The zero-order valence-corrected chi connectivity index (χ0v) is 8.18. The fourth-order valence-electron chi connectivity index (χ4n) is 1.33. The molecule has 0 radical (unpaired) electrons. The van der Waals surface area contributed by atoms with E-state index in [4.69, 9.17) is 5.39 Å². The van der Waals surface area contributed by atoms with Crippen LogP contribution < -0.4 is 12.4 Å². The highest BCUT2D eigenvalue weighted by Gasteiger charge is 2.13. The number of rotatable bonds is 0. The van der Waals surface area contributed by atoms with Crippen LogP contribution >= 0.6 is 0 Å². The maximum absolute atomic E-state index is 8.62. The molecule has 0 aliphatic carbocycles. The Kier molecular flexibility index (Phi) is 3.72. The molecule has 0 heterocycles. The lowest BCUT2D eigenvalue weighted by atomic mass is 10.1. The van der Waals surface area contributed by atoms with Gasteiger partial charge in [-0.1, -0.05) is 5.56 Å². The van der Waals surface area contributed by atoms with Crippen LogP contribution in [0.15, 0.2) is 12.1 Å². The lowest BCUT2D eigenvalue weighted by Gasteiger charge is -1.94. The average molecular weight is 183 g/mol. The van der Waals surface area contributed by atoms with E-state index in [0.29, 0.717) is 5.69 Å². The maximum atomic E-state index is 8.62. The number of aryl methyl sites for hydroxylation is 3. The van der Waals surface area contributed by atoms with Crippen LogP contribution in [-0.2, 0) is 0 Å². The molecule has 64 valence electrons. The molecule has 1 aromatic carbocycles. The minimum atomic E-state index is 0. The molecule has 0 fully saturated rings. The van der Waals surface area contributed by atoms with Gasteiger partial charge in [-0.2, -0.15) is 0 Å². The predicted molar refractivity (Wildman–Crippen MR) is 45.4 cm³/mol. The van der Waals surface area contributed by atoms with Gasteiger partial charge in [-0.15, -0.1) is 0 Å². The van der Waals surface area contributed by atoms with E-state index >= 15 is 0 Å². The molecule has 0 aliphatic rings. The highest BCUT2D eigenvalue weighted by atomic mass is 35.5. The first kappa shape index (κ1) is 10.9. The molecular formula is C9H11ClN2. The van der Waals surface area contributed by atoms with Crippen LogP contribution in [-0.4, -0.2) is 0 Å². The van der Waals surface area contributed by atoms with Gasteiger partial charge in [-0.05, 0) is 32.9 Å². The van der Waals surface area contributed by atoms with Crippen molar-refractivity contribution in [3.8, 4) is 0 Å². The molecule has 0 amide bonds. The van der Waals surface area contributed by atoms with E-state index in [1.807, 2.05) is 32.9 Å². The van der Waals surface area contributed by atoms with E-state index < -0.39 is 0 Å². The van der Waals surface area contributed by atoms with Crippen LogP contribution in [0, 0.1) is 26.2 Å². The van der Waals surface area contributed by atoms with Gasteiger partial charge >= 0.3 is 5.69 Å². The van der Waals surface area contributed by atoms with Gasteiger partial charge in [0.25, 0.3) is 0 Å². The second-order valence-corrected chi connectivity index (χ2v) is 2.85. The fraction of sp³-hybridized carbons (Fsp3) is 0.333. The van der Waals surface area contributed by atoms with Crippen molar-refractivity contribution in [2.45, 2.75) is 20.8 Å². The fourth-order valence-corrected chi connectivity index (χ4v) is 1.33. The highest BCUT2D eigenvalue weighted by molar-refractivity contribution is 5.58. The van der Waals surface area contributed by atoms with E-state index in [2.05, 4.69) is 4.98 Å². The van der Waals surface area contributed by atoms with Crippen molar-refractivity contribution in [3.05, 3.63) is 33.8 Å². The van der Waals surface area contributed by atoms with E-state index in [-0.39, 0.29) is 12.4 Å². The Labute approximate surface area is 78.6 Å². The lowest BCUT2D eigenvalue weighted by molar-refractivity contribution is -0.00000273. The van der Waals surface area contributed by atoms with Gasteiger partial charge in [0.15, 0.2) is 4.98 Å². The molecule has 0 spiro atoms. The summed E-state index contributed by atoms with van der Waals surface area (Å²) in [5, 5.41) is 8.62. The Hall–Kier alpha value is -1.07. The van der Waals surface area contributed by atoms with Crippen LogP contribution in [0.1, 0.15) is 16.7 Å². The average Bonchev–Trinajstić information content (AvgIpc) is 1.85. The van der Waals surface area contributed by atoms with Crippen LogP contribution in [0.5, 0.6) is 0 Å². The Morgan fingerprint density at radius 1 is 1.08 bits per heavy atom. The number of halogens is 1. The number of hydrogen-bond acceptors (Lipinski definition) is 1. The third kappa shape index (κ3) is 1.96. The summed E-state index contributed by atoms with van der Waals surface area (Å²) in [6.45, 7) is 5.91. The zero-order chi connectivity index (χ0) is 8.43. The second-order valence-electron chi connectivity index (χ2n) is 2.85. The van der Waals surface area contributed by atoms with Crippen LogP contribution in [0.2, 0.25) is 0 Å². The summed E-state index contributed by atoms with van der Waals surface area (Å²) in [5.74, 6) is 0. The molecule has 1 rings (SSSR count). The Morgan fingerprint density at radius 2 is 1.50 bits per heavy atom. The van der Waals surface area contributed by atoms with Crippen LogP contribution in [0.25, 0.3) is 4.98 Å². The molecule has 0 N–H and O–H groups in total. The molecule has 0 unspecified atom stereocenters. The Balaban J connectivity index is 0.00000121. The van der Waals surface area contributed by atoms with Crippen molar-refractivity contribution in [3.63, 3.8) is 0 Å². The zero-order valence-electron chi connectivity index (χ0n) is 7.43. The molecule has 0 aromatic heterocycles. The van der Waals surface area contributed by atoms with Crippen LogP contribution in [0.3, 0.4) is 0 Å². The van der Waals surface area contributed by atoms with Crippen molar-refractivity contribution >= 4 is 5.69 Å². The van der Waals surface area contributed by atoms with Gasteiger partial charge in [0.2, 0.25) is 5.39 Å². The van der Waals surface area contributed by atoms with Gasteiger partial charge in [0, 0.05) is 11.1 Å². The second kappa shape index (κ2) is 4.08. The predicted octanol–water partition coefficient (Wildman–Crippen LogP) is 0.100. The summed E-state index contributed by atoms with van der Waals surface area (Å²) < 4.78 is 0. The molecule has 12 heavy (non-hydrogen) atoms. The van der Waals surface area contributed by atoms with Crippen molar-refractivity contribution in [1.82, 2.24) is 0 Å². The number of diazo groups is 1. The van der Waals surface area contributed by atoms with Crippen molar-refractivity contribution < 1.29 is 12.4 Å². The first-order chi connectivity index (χ1) is 5.15. The lowest BCUT2D eigenvalue weighted by Crippen LogP contribution is -3.00. The summed E-state index contributed by atoms with van der Waals surface area (Å²) in [6, 6.07) is 4.00. The third-order valence-corrected chi connectivity index (χ3v) is 1.74. The number of nitrogens with zero attached hydrogens (tertiary/aromatic N) is 2. The first-order valence-electron chi connectivity index (χ1n) is 3.58. The SMILES string of the molecule is Cc1cc(C)c([N+]#N)c(C)c1.[Cl-]. The molecule has 0 aliphatic heterocycles. The number of benzene rings is 1. The highest BCUT2D eigenvalue weighted by Crippen LogP contribution is 2.24. The van der Waals surface area contributed by atoms with E-state index in [1.165, 1.54) is 5.56 Å². The van der Waals surface area contributed by atoms with Crippen LogP contribution in [0.4, 0.5) is 5.69 Å². The topological polar surface area (TPSA) is 28.1 Å². The smallest absolute Gasteiger partial charge is 0.390 e. The summed E-state index contributed by atoms with van der Waals surface area (Å²) in [5.41, 5.74) is 3.93. The normalized spacial score (nSPS) is 8.50.